The van der Waals surface area contributed by atoms with Gasteiger partial charge in [-0.25, -0.2) is 18.6 Å². The Kier molecular flexibility index (Phi) is 4.13. The minimum absolute atomic E-state index is 0.00231. The average molecular weight is 312 g/mol. The Balaban J connectivity index is 2.41. The van der Waals surface area contributed by atoms with Gasteiger partial charge < -0.3 is 5.11 Å². The third-order valence-corrected chi connectivity index (χ3v) is 3.36. The number of hydrogen-bond donors (Lipinski definition) is 1. The average Bonchev–Trinajstić information content (AvgIpc) is 2.42. The second-order valence-electron chi connectivity index (χ2n) is 3.78. The van der Waals surface area contributed by atoms with Gasteiger partial charge in [-0.3, -0.25) is 10.1 Å². The van der Waals surface area contributed by atoms with E-state index in [1.165, 1.54) is 0 Å². The van der Waals surface area contributed by atoms with Gasteiger partial charge in [-0.2, -0.15) is 0 Å². The van der Waals surface area contributed by atoms with E-state index >= 15 is 0 Å². The molecule has 0 unspecified atom stereocenters. The van der Waals surface area contributed by atoms with Gasteiger partial charge in [0.2, 0.25) is 0 Å². The normalized spacial score (nSPS) is 10.4. The Morgan fingerprint density at radius 2 is 2.05 bits per heavy atom. The molecule has 0 aliphatic heterocycles. The van der Waals surface area contributed by atoms with E-state index in [2.05, 4.69) is 4.98 Å². The number of hydrogen-bond acceptors (Lipinski definition) is 5. The van der Waals surface area contributed by atoms with Crippen LogP contribution in [0.3, 0.4) is 0 Å². The van der Waals surface area contributed by atoms with Crippen LogP contribution in [0.1, 0.15) is 10.4 Å². The molecule has 0 bridgehead atoms. The highest BCUT2D eigenvalue weighted by atomic mass is 32.2. The summed E-state index contributed by atoms with van der Waals surface area (Å²) in [4.78, 5) is 24.3. The van der Waals surface area contributed by atoms with Crippen LogP contribution in [0.4, 0.5) is 14.5 Å². The molecule has 1 aromatic heterocycles. The minimum atomic E-state index is -1.51. The Morgan fingerprint density at radius 3 is 2.67 bits per heavy atom. The smallest absolute Gasteiger partial charge is 0.342 e. The quantitative estimate of drug-likeness (QED) is 0.688. The molecule has 0 radical (unpaired) electrons. The van der Waals surface area contributed by atoms with Gasteiger partial charge in [0.25, 0.3) is 0 Å². The zero-order valence-electron chi connectivity index (χ0n) is 10.1. The molecular weight excluding hydrogens is 306 g/mol. The molecule has 0 aliphatic rings. The summed E-state index contributed by atoms with van der Waals surface area (Å²) in [6, 6.07) is 3.71. The summed E-state index contributed by atoms with van der Waals surface area (Å²) in [5.74, 6) is -2.89. The maximum absolute atomic E-state index is 13.5. The zero-order valence-corrected chi connectivity index (χ0v) is 10.9. The van der Waals surface area contributed by atoms with Crippen molar-refractivity contribution in [1.82, 2.24) is 4.98 Å². The Hall–Kier alpha value is -2.55. The standard InChI is InChI=1S/C12H6F2N2O4S/c13-6-1-2-8(14)10(3-6)21-11-4-7(12(17)18)9(5-15-11)16(19)20/h1-5H,(H,17,18). The van der Waals surface area contributed by atoms with Crippen LogP contribution in [0.2, 0.25) is 0 Å². The molecule has 0 spiro atoms. The van der Waals surface area contributed by atoms with Gasteiger partial charge in [0.15, 0.2) is 0 Å². The van der Waals surface area contributed by atoms with Crippen LogP contribution in [-0.4, -0.2) is 21.0 Å². The fraction of sp³-hybridized carbons (Fsp3) is 0. The second kappa shape index (κ2) is 5.83. The monoisotopic (exact) mass is 312 g/mol. The minimum Gasteiger partial charge on any atom is -0.477 e. The largest absolute Gasteiger partial charge is 0.477 e. The molecule has 0 aliphatic carbocycles. The second-order valence-corrected chi connectivity index (χ2v) is 4.84. The molecule has 21 heavy (non-hydrogen) atoms. The van der Waals surface area contributed by atoms with Gasteiger partial charge in [0.05, 0.1) is 9.82 Å². The summed E-state index contributed by atoms with van der Waals surface area (Å²) in [5, 5.41) is 19.6. The zero-order chi connectivity index (χ0) is 15.6. The van der Waals surface area contributed by atoms with E-state index in [4.69, 9.17) is 5.11 Å². The van der Waals surface area contributed by atoms with Gasteiger partial charge in [-0.1, -0.05) is 11.8 Å². The lowest BCUT2D eigenvalue weighted by Crippen LogP contribution is -2.03. The van der Waals surface area contributed by atoms with E-state index in [9.17, 15) is 23.7 Å². The summed E-state index contributed by atoms with van der Waals surface area (Å²) >= 11 is 0.668. The van der Waals surface area contributed by atoms with Crippen molar-refractivity contribution in [2.75, 3.05) is 0 Å². The first kappa shape index (κ1) is 14.9. The SMILES string of the molecule is O=C(O)c1cc(Sc2cc(F)ccc2F)ncc1[N+](=O)[O-]. The van der Waals surface area contributed by atoms with Crippen molar-refractivity contribution in [3.05, 3.63) is 57.8 Å². The number of pyridine rings is 1. The summed E-state index contributed by atoms with van der Waals surface area (Å²) in [5.41, 5.74) is -1.25. The summed E-state index contributed by atoms with van der Waals surface area (Å²) < 4.78 is 26.5. The lowest BCUT2D eigenvalue weighted by molar-refractivity contribution is -0.385. The van der Waals surface area contributed by atoms with Crippen molar-refractivity contribution in [3.8, 4) is 0 Å². The van der Waals surface area contributed by atoms with E-state index in [-0.39, 0.29) is 9.92 Å². The van der Waals surface area contributed by atoms with Crippen molar-refractivity contribution in [2.24, 2.45) is 0 Å². The van der Waals surface area contributed by atoms with Crippen molar-refractivity contribution < 1.29 is 23.6 Å². The van der Waals surface area contributed by atoms with Crippen LogP contribution >= 0.6 is 11.8 Å². The number of carbonyl (C=O) groups is 1. The Bertz CT molecular complexity index is 739. The Morgan fingerprint density at radius 1 is 1.33 bits per heavy atom. The molecule has 6 nitrogen and oxygen atoms in total. The van der Waals surface area contributed by atoms with E-state index in [0.29, 0.717) is 11.8 Å². The maximum atomic E-state index is 13.5. The molecule has 1 heterocycles. The van der Waals surface area contributed by atoms with Gasteiger partial charge in [0.1, 0.15) is 28.4 Å². The molecule has 2 rings (SSSR count). The molecule has 0 saturated carbocycles. The molecule has 108 valence electrons. The van der Waals surface area contributed by atoms with Crippen LogP contribution in [0.25, 0.3) is 0 Å². The fourth-order valence-electron chi connectivity index (χ4n) is 1.47. The number of aromatic nitrogens is 1. The van der Waals surface area contributed by atoms with E-state index in [1.807, 2.05) is 0 Å². The molecule has 9 heteroatoms. The number of benzene rings is 1. The van der Waals surface area contributed by atoms with Gasteiger partial charge in [-0.05, 0) is 24.3 Å². The van der Waals surface area contributed by atoms with E-state index < -0.39 is 33.8 Å². The maximum Gasteiger partial charge on any atom is 0.342 e. The third-order valence-electron chi connectivity index (χ3n) is 2.39. The molecule has 1 aromatic carbocycles. The molecule has 2 aromatic rings. The van der Waals surface area contributed by atoms with Crippen molar-refractivity contribution >= 4 is 23.4 Å². The number of nitrogens with zero attached hydrogens (tertiary/aromatic N) is 2. The molecule has 0 fully saturated rings. The van der Waals surface area contributed by atoms with Crippen LogP contribution < -0.4 is 0 Å². The molecular formula is C12H6F2N2O4S. The number of aromatic carboxylic acids is 1. The number of halogens is 2. The number of rotatable bonds is 4. The lowest BCUT2D eigenvalue weighted by Gasteiger charge is -2.04. The topological polar surface area (TPSA) is 93.3 Å². The predicted octanol–water partition coefficient (Wildman–Crippen LogP) is 3.12. The fourth-order valence-corrected chi connectivity index (χ4v) is 2.31. The van der Waals surface area contributed by atoms with Crippen LogP contribution in [0.5, 0.6) is 0 Å². The number of carboxylic acids is 1. The summed E-state index contributed by atoms with van der Waals surface area (Å²) in [6.07, 6.45) is 0.767. The van der Waals surface area contributed by atoms with Crippen LogP contribution in [0.15, 0.2) is 40.4 Å². The highest BCUT2D eigenvalue weighted by Gasteiger charge is 2.21. The third kappa shape index (κ3) is 3.31. The molecule has 1 N–H and O–H groups in total. The lowest BCUT2D eigenvalue weighted by atomic mass is 10.2. The van der Waals surface area contributed by atoms with Crippen LogP contribution in [0, 0.1) is 21.7 Å². The van der Waals surface area contributed by atoms with Crippen LogP contribution in [-0.2, 0) is 0 Å². The van der Waals surface area contributed by atoms with Gasteiger partial charge in [0, 0.05) is 0 Å². The van der Waals surface area contributed by atoms with Crippen molar-refractivity contribution in [2.45, 2.75) is 9.92 Å². The molecule has 0 saturated heterocycles. The van der Waals surface area contributed by atoms with Gasteiger partial charge in [-0.15, -0.1) is 0 Å². The predicted molar refractivity (Wildman–Crippen MR) is 68.3 cm³/mol. The molecule has 0 atom stereocenters. The first-order valence-corrected chi connectivity index (χ1v) is 6.21. The highest BCUT2D eigenvalue weighted by Crippen LogP contribution is 2.31. The van der Waals surface area contributed by atoms with Crippen molar-refractivity contribution in [3.63, 3.8) is 0 Å². The summed E-state index contributed by atoms with van der Waals surface area (Å²) in [7, 11) is 0. The van der Waals surface area contributed by atoms with Gasteiger partial charge >= 0.3 is 11.7 Å². The van der Waals surface area contributed by atoms with E-state index in [1.54, 1.807) is 0 Å². The van der Waals surface area contributed by atoms with E-state index in [0.717, 1.165) is 30.5 Å². The number of nitro groups is 1. The summed E-state index contributed by atoms with van der Waals surface area (Å²) in [6.45, 7) is 0. The molecule has 0 amide bonds. The van der Waals surface area contributed by atoms with Crippen molar-refractivity contribution in [1.29, 1.82) is 0 Å². The first-order chi connectivity index (χ1) is 9.88. The first-order valence-electron chi connectivity index (χ1n) is 5.39. The number of carboxylic acid groups (broad SMARTS) is 1. The Labute approximate surface area is 120 Å². The highest BCUT2D eigenvalue weighted by molar-refractivity contribution is 7.99.